The highest BCUT2D eigenvalue weighted by Gasteiger charge is 2.34. The second-order valence-electron chi connectivity index (χ2n) is 5.80. The minimum Gasteiger partial charge on any atom is -0.362 e. The fraction of sp³-hybridized carbons (Fsp3) is 0.929. The average molecular weight is 287 g/mol. The van der Waals surface area contributed by atoms with Crippen molar-refractivity contribution >= 4 is 28.7 Å². The summed E-state index contributed by atoms with van der Waals surface area (Å²) < 4.78 is 0. The molecule has 2 nitrogen and oxygen atoms in total. The van der Waals surface area contributed by atoms with E-state index in [0.717, 1.165) is 6.54 Å². The van der Waals surface area contributed by atoms with E-state index in [9.17, 15) is 0 Å². The predicted molar refractivity (Wildman–Crippen MR) is 85.9 cm³/mol. The number of nitrogens with one attached hydrogen (secondary N) is 1. The zero-order chi connectivity index (χ0) is 12.8. The van der Waals surface area contributed by atoms with Crippen molar-refractivity contribution in [1.82, 2.24) is 5.32 Å². The minimum absolute atomic E-state index is 0.552. The molecule has 0 radical (unpaired) electrons. The monoisotopic (exact) mass is 286 g/mol. The highest BCUT2D eigenvalue weighted by atomic mass is 32.2. The summed E-state index contributed by atoms with van der Waals surface area (Å²) >= 11 is 3.89. The first-order chi connectivity index (χ1) is 8.74. The zero-order valence-electron chi connectivity index (χ0n) is 11.7. The summed E-state index contributed by atoms with van der Waals surface area (Å²) in [5.74, 6) is 2.52. The molecule has 1 unspecified atom stereocenters. The smallest absolute Gasteiger partial charge is 0.156 e. The van der Waals surface area contributed by atoms with Gasteiger partial charge in [0.2, 0.25) is 0 Å². The standard InChI is InChI=1S/C14H26N2S2/c1-12(6-9-17-2)16-13-15-10-14(11-18-13)7-4-3-5-8-14/h12H,3-11H2,1-2H3,(H,15,16). The Bertz CT molecular complexity index is 286. The molecule has 1 N–H and O–H groups in total. The number of amidine groups is 1. The molecule has 2 aliphatic rings. The van der Waals surface area contributed by atoms with E-state index in [1.54, 1.807) is 0 Å². The van der Waals surface area contributed by atoms with Crippen LogP contribution in [-0.4, -0.2) is 35.5 Å². The molecule has 1 heterocycles. The molecule has 0 aromatic carbocycles. The first kappa shape index (κ1) is 14.6. The highest BCUT2D eigenvalue weighted by molar-refractivity contribution is 8.13. The Morgan fingerprint density at radius 1 is 1.39 bits per heavy atom. The van der Waals surface area contributed by atoms with Gasteiger partial charge in [-0.05, 0) is 43.6 Å². The molecule has 0 amide bonds. The number of thioether (sulfide) groups is 2. The summed E-state index contributed by atoms with van der Waals surface area (Å²) in [7, 11) is 0. The van der Waals surface area contributed by atoms with Gasteiger partial charge in [0.15, 0.2) is 5.17 Å². The van der Waals surface area contributed by atoms with Crippen molar-refractivity contribution in [3.05, 3.63) is 0 Å². The van der Waals surface area contributed by atoms with E-state index < -0.39 is 0 Å². The van der Waals surface area contributed by atoms with Crippen molar-refractivity contribution in [3.63, 3.8) is 0 Å². The molecular formula is C14H26N2S2. The SMILES string of the molecule is CSCCC(C)NC1=NCC2(CCCCC2)CS1. The number of aliphatic imine (C=N–C) groups is 1. The van der Waals surface area contributed by atoms with Gasteiger partial charge in [-0.25, -0.2) is 0 Å². The fourth-order valence-corrected chi connectivity index (χ4v) is 4.67. The molecule has 0 aromatic heterocycles. The minimum atomic E-state index is 0.552. The Hall–Kier alpha value is 0.170. The van der Waals surface area contributed by atoms with E-state index in [1.165, 1.54) is 55.2 Å². The highest BCUT2D eigenvalue weighted by Crippen LogP contribution is 2.41. The van der Waals surface area contributed by atoms with Crippen LogP contribution in [0.15, 0.2) is 4.99 Å². The van der Waals surface area contributed by atoms with Gasteiger partial charge in [0, 0.05) is 18.3 Å². The molecule has 1 aliphatic heterocycles. The van der Waals surface area contributed by atoms with Gasteiger partial charge in [0.1, 0.15) is 0 Å². The van der Waals surface area contributed by atoms with Gasteiger partial charge in [0.25, 0.3) is 0 Å². The van der Waals surface area contributed by atoms with Crippen LogP contribution in [0.1, 0.15) is 45.4 Å². The van der Waals surface area contributed by atoms with E-state index in [-0.39, 0.29) is 0 Å². The molecule has 1 spiro atoms. The third kappa shape index (κ3) is 4.09. The number of nitrogens with zero attached hydrogens (tertiary/aromatic N) is 1. The lowest BCUT2D eigenvalue weighted by atomic mass is 9.75. The summed E-state index contributed by atoms with van der Waals surface area (Å²) in [6.45, 7) is 3.34. The lowest BCUT2D eigenvalue weighted by molar-refractivity contribution is 0.232. The van der Waals surface area contributed by atoms with E-state index in [1.807, 2.05) is 23.5 Å². The Labute approximate surface area is 120 Å². The molecule has 1 aliphatic carbocycles. The van der Waals surface area contributed by atoms with Crippen LogP contribution in [0.2, 0.25) is 0 Å². The maximum atomic E-state index is 4.82. The van der Waals surface area contributed by atoms with Crippen molar-refractivity contribution in [3.8, 4) is 0 Å². The normalized spacial score (nSPS) is 24.7. The molecule has 0 aromatic rings. The second kappa shape index (κ2) is 7.09. The lowest BCUT2D eigenvalue weighted by Gasteiger charge is -2.38. The van der Waals surface area contributed by atoms with Crippen molar-refractivity contribution in [2.75, 3.05) is 24.3 Å². The average Bonchev–Trinajstić information content (AvgIpc) is 2.40. The molecular weight excluding hydrogens is 260 g/mol. The first-order valence-electron chi connectivity index (χ1n) is 7.17. The van der Waals surface area contributed by atoms with Crippen LogP contribution in [-0.2, 0) is 0 Å². The first-order valence-corrected chi connectivity index (χ1v) is 9.55. The van der Waals surface area contributed by atoms with Crippen LogP contribution >= 0.6 is 23.5 Å². The quantitative estimate of drug-likeness (QED) is 0.851. The summed E-state index contributed by atoms with van der Waals surface area (Å²) in [5.41, 5.74) is 0.552. The molecule has 1 atom stereocenters. The molecule has 1 saturated carbocycles. The Balaban J connectivity index is 1.79. The van der Waals surface area contributed by atoms with E-state index in [0.29, 0.717) is 11.5 Å². The van der Waals surface area contributed by atoms with Crippen molar-refractivity contribution in [2.45, 2.75) is 51.5 Å². The maximum absolute atomic E-state index is 4.82. The predicted octanol–water partition coefficient (Wildman–Crippen LogP) is 3.77. The van der Waals surface area contributed by atoms with Gasteiger partial charge in [-0.3, -0.25) is 4.99 Å². The number of hydrogen-bond acceptors (Lipinski definition) is 4. The van der Waals surface area contributed by atoms with Crippen molar-refractivity contribution < 1.29 is 0 Å². The van der Waals surface area contributed by atoms with Gasteiger partial charge in [-0.15, -0.1) is 0 Å². The lowest BCUT2D eigenvalue weighted by Crippen LogP contribution is -2.39. The van der Waals surface area contributed by atoms with Crippen molar-refractivity contribution in [1.29, 1.82) is 0 Å². The fourth-order valence-electron chi connectivity index (χ4n) is 2.82. The van der Waals surface area contributed by atoms with Gasteiger partial charge < -0.3 is 5.32 Å². The van der Waals surface area contributed by atoms with Crippen molar-refractivity contribution in [2.24, 2.45) is 10.4 Å². The topological polar surface area (TPSA) is 24.4 Å². The van der Waals surface area contributed by atoms with Crippen LogP contribution in [0.25, 0.3) is 0 Å². The van der Waals surface area contributed by atoms with E-state index in [4.69, 9.17) is 4.99 Å². The third-order valence-electron chi connectivity index (χ3n) is 4.11. The Morgan fingerprint density at radius 2 is 2.17 bits per heavy atom. The summed E-state index contributed by atoms with van der Waals surface area (Å²) in [6.07, 6.45) is 10.5. The Morgan fingerprint density at radius 3 is 2.78 bits per heavy atom. The molecule has 104 valence electrons. The zero-order valence-corrected chi connectivity index (χ0v) is 13.3. The van der Waals surface area contributed by atoms with Gasteiger partial charge in [-0.2, -0.15) is 11.8 Å². The Kier molecular flexibility index (Phi) is 5.74. The van der Waals surface area contributed by atoms with Gasteiger partial charge in [0.05, 0.1) is 0 Å². The summed E-state index contributed by atoms with van der Waals surface area (Å²) in [6, 6.07) is 0.559. The maximum Gasteiger partial charge on any atom is 0.156 e. The van der Waals surface area contributed by atoms with Crippen LogP contribution < -0.4 is 5.32 Å². The molecule has 4 heteroatoms. The molecule has 18 heavy (non-hydrogen) atoms. The third-order valence-corrected chi connectivity index (χ3v) is 6.03. The number of rotatable bonds is 4. The van der Waals surface area contributed by atoms with E-state index in [2.05, 4.69) is 18.5 Å². The summed E-state index contributed by atoms with van der Waals surface area (Å²) in [4.78, 5) is 4.82. The van der Waals surface area contributed by atoms with Crippen LogP contribution in [0.5, 0.6) is 0 Å². The van der Waals surface area contributed by atoms with Gasteiger partial charge >= 0.3 is 0 Å². The van der Waals surface area contributed by atoms with E-state index >= 15 is 0 Å². The number of hydrogen-bond donors (Lipinski definition) is 1. The summed E-state index contributed by atoms with van der Waals surface area (Å²) in [5, 5.41) is 4.77. The molecule has 2 rings (SSSR count). The molecule has 1 fully saturated rings. The second-order valence-corrected chi connectivity index (χ2v) is 7.75. The van der Waals surface area contributed by atoms with Crippen LogP contribution in [0.4, 0.5) is 0 Å². The van der Waals surface area contributed by atoms with Crippen LogP contribution in [0.3, 0.4) is 0 Å². The van der Waals surface area contributed by atoms with Gasteiger partial charge in [-0.1, -0.05) is 31.0 Å². The molecule has 0 saturated heterocycles. The largest absolute Gasteiger partial charge is 0.362 e. The van der Waals surface area contributed by atoms with Crippen LogP contribution in [0, 0.1) is 5.41 Å². The molecule has 0 bridgehead atoms.